The van der Waals surface area contributed by atoms with Crippen LogP contribution in [0.1, 0.15) is 232 Å². The van der Waals surface area contributed by atoms with Gasteiger partial charge in [0.1, 0.15) is 30.5 Å². The molecule has 1 fully saturated rings. The number of carbonyl (C=O) groups excluding carboxylic acids is 1. The van der Waals surface area contributed by atoms with E-state index in [4.69, 9.17) is 18.9 Å². The number of rotatable bonds is 45. The normalized spacial score (nSPS) is 20.0. The molecule has 0 spiro atoms. The summed E-state index contributed by atoms with van der Waals surface area (Å²) in [5, 5.41) is 30.7. The van der Waals surface area contributed by atoms with E-state index in [-0.39, 0.29) is 19.6 Å². The van der Waals surface area contributed by atoms with Crippen LogP contribution in [0.2, 0.25) is 0 Å². The van der Waals surface area contributed by atoms with Gasteiger partial charge in [0.2, 0.25) is 0 Å². The summed E-state index contributed by atoms with van der Waals surface area (Å²) in [6, 6.07) is 0. The highest BCUT2D eigenvalue weighted by molar-refractivity contribution is 7.80. The van der Waals surface area contributed by atoms with Gasteiger partial charge in [-0.2, -0.15) is 8.42 Å². The molecule has 62 heavy (non-hydrogen) atoms. The Morgan fingerprint density at radius 3 is 1.45 bits per heavy atom. The third kappa shape index (κ3) is 34.2. The first-order valence-electron chi connectivity index (χ1n) is 25.4. The Bertz CT molecular complexity index is 1140. The highest BCUT2D eigenvalue weighted by Crippen LogP contribution is 2.26. The van der Waals surface area contributed by atoms with Crippen LogP contribution in [0.25, 0.3) is 0 Å². The predicted octanol–water partition coefficient (Wildman–Crippen LogP) is 11.4. The van der Waals surface area contributed by atoms with Crippen LogP contribution in [0.4, 0.5) is 0 Å². The molecule has 4 N–H and O–H groups in total. The Morgan fingerprint density at radius 2 is 1.02 bits per heavy atom. The lowest BCUT2D eigenvalue weighted by Gasteiger charge is -2.41. The first-order chi connectivity index (χ1) is 30.1. The van der Waals surface area contributed by atoms with Crippen molar-refractivity contribution < 1.29 is 56.2 Å². The average molecular weight is 907 g/mol. The van der Waals surface area contributed by atoms with Gasteiger partial charge in [-0.1, -0.05) is 199 Å². The summed E-state index contributed by atoms with van der Waals surface area (Å²) in [6.07, 6.45) is 36.7. The lowest BCUT2D eigenvalue weighted by molar-refractivity contribution is -0.301. The molecule has 1 rings (SSSR count). The maximum Gasteiger partial charge on any atom is 0.397 e. The van der Waals surface area contributed by atoms with Gasteiger partial charge in [-0.15, -0.1) is 0 Å². The van der Waals surface area contributed by atoms with E-state index in [0.717, 1.165) is 38.5 Å². The van der Waals surface area contributed by atoms with Gasteiger partial charge in [0.25, 0.3) is 0 Å². The van der Waals surface area contributed by atoms with Crippen LogP contribution in [0.15, 0.2) is 12.2 Å². The molecule has 0 aromatic heterocycles. The summed E-state index contributed by atoms with van der Waals surface area (Å²) < 4.78 is 59.2. The van der Waals surface area contributed by atoms with Gasteiger partial charge in [-0.3, -0.25) is 9.35 Å². The van der Waals surface area contributed by atoms with Crippen LogP contribution >= 0.6 is 0 Å². The molecule has 13 heteroatoms. The number of esters is 1. The highest BCUT2D eigenvalue weighted by Gasteiger charge is 2.48. The number of aliphatic hydroxyl groups excluding tert-OH is 3. The Morgan fingerprint density at radius 1 is 0.597 bits per heavy atom. The van der Waals surface area contributed by atoms with Gasteiger partial charge < -0.3 is 34.3 Å². The largest absolute Gasteiger partial charge is 0.457 e. The third-order valence-corrected chi connectivity index (χ3v) is 12.4. The molecule has 0 aromatic carbocycles. The zero-order valence-corrected chi connectivity index (χ0v) is 40.3. The van der Waals surface area contributed by atoms with Crippen molar-refractivity contribution in [3.63, 3.8) is 0 Å². The molecule has 1 heterocycles. The predicted molar refractivity (Wildman–Crippen MR) is 248 cm³/mol. The minimum atomic E-state index is -5.06. The van der Waals surface area contributed by atoms with E-state index >= 15 is 0 Å². The Balaban J connectivity index is 2.35. The van der Waals surface area contributed by atoms with Gasteiger partial charge in [0.05, 0.1) is 19.8 Å². The van der Waals surface area contributed by atoms with Crippen LogP contribution < -0.4 is 0 Å². The molecule has 1 aliphatic rings. The summed E-state index contributed by atoms with van der Waals surface area (Å²) in [4.78, 5) is 12.9. The zero-order valence-electron chi connectivity index (χ0n) is 39.5. The fraction of sp³-hybridized carbons (Fsp3) is 0.939. The Labute approximate surface area is 379 Å². The molecule has 368 valence electrons. The number of aliphatic hydroxyl groups is 3. The smallest absolute Gasteiger partial charge is 0.397 e. The van der Waals surface area contributed by atoms with Gasteiger partial charge >= 0.3 is 16.4 Å². The molecule has 12 nitrogen and oxygen atoms in total. The SMILES string of the molecule is CCCCCCCC/C=C\CCCCCCCCCCCCOCC(COC1OC(CO)C(O)C(OS(=O)(=O)O)C1O)OC(=O)CCCCCCCCCCCCCCCCC. The van der Waals surface area contributed by atoms with Crippen molar-refractivity contribution in [2.24, 2.45) is 0 Å². The molecule has 6 unspecified atom stereocenters. The van der Waals surface area contributed by atoms with E-state index in [1.165, 1.54) is 167 Å². The summed E-state index contributed by atoms with van der Waals surface area (Å²) in [7, 11) is -5.06. The van der Waals surface area contributed by atoms with Gasteiger partial charge in [0, 0.05) is 13.0 Å². The lowest BCUT2D eigenvalue weighted by atomic mass is 9.99. The van der Waals surface area contributed by atoms with E-state index in [9.17, 15) is 33.1 Å². The maximum absolute atomic E-state index is 12.9. The van der Waals surface area contributed by atoms with Crippen LogP contribution in [0.3, 0.4) is 0 Å². The van der Waals surface area contributed by atoms with Crippen molar-refractivity contribution in [2.45, 2.75) is 269 Å². The summed E-state index contributed by atoms with van der Waals surface area (Å²) in [6.45, 7) is 4.03. The molecule has 0 bridgehead atoms. The third-order valence-electron chi connectivity index (χ3n) is 11.9. The van der Waals surface area contributed by atoms with Crippen LogP contribution in [0, 0.1) is 0 Å². The fourth-order valence-corrected chi connectivity index (χ4v) is 8.53. The van der Waals surface area contributed by atoms with Crippen molar-refractivity contribution in [3.8, 4) is 0 Å². The molecule has 0 amide bonds. The van der Waals surface area contributed by atoms with Crippen LogP contribution in [-0.2, 0) is 38.3 Å². The maximum atomic E-state index is 12.9. The number of unbranched alkanes of at least 4 members (excludes halogenated alkanes) is 30. The molecule has 1 aliphatic heterocycles. The van der Waals surface area contributed by atoms with Crippen LogP contribution in [0.5, 0.6) is 0 Å². The molecule has 0 radical (unpaired) electrons. The Hall–Kier alpha value is -1.16. The number of ether oxygens (including phenoxy) is 4. The monoisotopic (exact) mass is 907 g/mol. The van der Waals surface area contributed by atoms with Crippen molar-refractivity contribution in [3.05, 3.63) is 12.2 Å². The van der Waals surface area contributed by atoms with Crippen molar-refractivity contribution in [2.75, 3.05) is 26.4 Å². The van der Waals surface area contributed by atoms with Gasteiger partial charge in [-0.25, -0.2) is 4.18 Å². The second-order valence-corrected chi connectivity index (χ2v) is 18.8. The van der Waals surface area contributed by atoms with E-state index < -0.39 is 59.8 Å². The molecule has 0 aliphatic carbocycles. The lowest BCUT2D eigenvalue weighted by Crippen LogP contribution is -2.60. The second kappa shape index (κ2) is 41.3. The molecular weight excluding hydrogens is 813 g/mol. The Kier molecular flexibility index (Phi) is 39.2. The van der Waals surface area contributed by atoms with Crippen molar-refractivity contribution >= 4 is 16.4 Å². The molecule has 1 saturated heterocycles. The van der Waals surface area contributed by atoms with E-state index in [0.29, 0.717) is 13.0 Å². The van der Waals surface area contributed by atoms with Gasteiger partial charge in [0.15, 0.2) is 6.29 Å². The fourth-order valence-electron chi connectivity index (χ4n) is 8.02. The number of allylic oxidation sites excluding steroid dienone is 2. The van der Waals surface area contributed by atoms with E-state index in [1.54, 1.807) is 0 Å². The first-order valence-corrected chi connectivity index (χ1v) is 26.8. The summed E-state index contributed by atoms with van der Waals surface area (Å²) >= 11 is 0. The number of hydrogen-bond acceptors (Lipinski definition) is 11. The standard InChI is InChI=1S/C49H94O12S/c1-3-5-7-9-11-13-15-17-19-20-21-22-23-25-27-29-31-33-35-37-39-57-41-43(42-58-49-47(53)48(61-62(54,55)56)46(52)44(40-50)60-49)59-45(51)38-36-34-32-30-28-26-24-18-16-14-12-10-8-6-4-2/h17,19,43-44,46-50,52-53H,3-16,18,20-42H2,1-2H3,(H,54,55,56)/b19-17-. The summed E-state index contributed by atoms with van der Waals surface area (Å²) in [5.74, 6) is -0.395. The summed E-state index contributed by atoms with van der Waals surface area (Å²) in [5.41, 5.74) is 0. The quantitative estimate of drug-likeness (QED) is 0.0197. The van der Waals surface area contributed by atoms with Crippen molar-refractivity contribution in [1.82, 2.24) is 0 Å². The van der Waals surface area contributed by atoms with Crippen molar-refractivity contribution in [1.29, 1.82) is 0 Å². The van der Waals surface area contributed by atoms with Gasteiger partial charge in [-0.05, 0) is 38.5 Å². The highest BCUT2D eigenvalue weighted by atomic mass is 32.3. The minimum Gasteiger partial charge on any atom is -0.457 e. The van der Waals surface area contributed by atoms with E-state index in [1.807, 2.05) is 0 Å². The number of carbonyl (C=O) groups is 1. The second-order valence-electron chi connectivity index (χ2n) is 17.8. The minimum absolute atomic E-state index is 0.0410. The molecular formula is C49H94O12S. The zero-order chi connectivity index (χ0) is 45.4. The molecule has 0 saturated carbocycles. The van der Waals surface area contributed by atoms with Crippen LogP contribution in [-0.4, -0.2) is 97.5 Å². The van der Waals surface area contributed by atoms with E-state index in [2.05, 4.69) is 30.2 Å². The number of hydrogen-bond donors (Lipinski definition) is 4. The molecule has 0 aromatic rings. The molecule has 6 atom stereocenters. The first kappa shape index (κ1) is 58.9. The average Bonchev–Trinajstić information content (AvgIpc) is 3.24. The topological polar surface area (TPSA) is 178 Å².